The minimum atomic E-state index is 0.210. The van der Waals surface area contributed by atoms with Gasteiger partial charge < -0.3 is 20.3 Å². The molecule has 3 saturated heterocycles. The number of fused-ring (bicyclic) bond motifs is 2. The zero-order valence-electron chi connectivity index (χ0n) is 15.6. The molecule has 27 heavy (non-hydrogen) atoms. The van der Waals surface area contributed by atoms with E-state index in [1.807, 2.05) is 30.3 Å². The zero-order valence-corrected chi connectivity index (χ0v) is 15.6. The zero-order chi connectivity index (χ0) is 18.3. The Balaban J connectivity index is 1.32. The van der Waals surface area contributed by atoms with Crippen LogP contribution in [0.1, 0.15) is 19.3 Å². The highest BCUT2D eigenvalue weighted by Gasteiger charge is 2.48. The summed E-state index contributed by atoms with van der Waals surface area (Å²) in [6.45, 7) is 3.66. The lowest BCUT2D eigenvalue weighted by molar-refractivity contribution is 0.0189. The van der Waals surface area contributed by atoms with Crippen molar-refractivity contribution in [3.05, 3.63) is 48.6 Å². The lowest BCUT2D eigenvalue weighted by Gasteiger charge is -2.52. The molecule has 2 N–H and O–H groups in total. The summed E-state index contributed by atoms with van der Waals surface area (Å²) in [6.07, 6.45) is 7.60. The lowest BCUT2D eigenvalue weighted by Crippen LogP contribution is -2.64. The minimum absolute atomic E-state index is 0.210. The summed E-state index contributed by atoms with van der Waals surface area (Å²) in [7, 11) is 1.68. The Morgan fingerprint density at radius 2 is 2.11 bits per heavy atom. The molecule has 0 amide bonds. The van der Waals surface area contributed by atoms with E-state index >= 15 is 0 Å². The molecule has 6 rings (SSSR count). The summed E-state index contributed by atoms with van der Waals surface area (Å²) >= 11 is 0. The van der Waals surface area contributed by atoms with Crippen molar-refractivity contribution in [1.29, 1.82) is 0 Å². The van der Waals surface area contributed by atoms with E-state index in [0.717, 1.165) is 47.5 Å². The van der Waals surface area contributed by atoms with E-state index in [4.69, 9.17) is 4.74 Å². The number of benzene rings is 1. The van der Waals surface area contributed by atoms with Gasteiger partial charge in [0.2, 0.25) is 0 Å². The van der Waals surface area contributed by atoms with Gasteiger partial charge in [-0.1, -0.05) is 12.1 Å². The fourth-order valence-electron chi connectivity index (χ4n) is 4.79. The summed E-state index contributed by atoms with van der Waals surface area (Å²) in [5.74, 6) is 3.47. The number of nitrogens with zero attached hydrogens (tertiary/aromatic N) is 3. The Hall–Kier alpha value is -2.60. The van der Waals surface area contributed by atoms with Crippen LogP contribution in [-0.4, -0.2) is 47.2 Å². The van der Waals surface area contributed by atoms with Gasteiger partial charge in [-0.3, -0.25) is 0 Å². The van der Waals surface area contributed by atoms with Gasteiger partial charge in [0.05, 0.1) is 18.3 Å². The van der Waals surface area contributed by atoms with Crippen LogP contribution in [0.2, 0.25) is 0 Å². The first-order chi connectivity index (χ1) is 13.2. The molecule has 0 radical (unpaired) electrons. The van der Waals surface area contributed by atoms with E-state index in [1.54, 1.807) is 13.4 Å². The molecule has 1 aromatic heterocycles. The van der Waals surface area contributed by atoms with E-state index in [-0.39, 0.29) is 5.54 Å². The number of piperidine rings is 3. The Kier molecular flexibility index (Phi) is 4.01. The number of hydrogen-bond donors (Lipinski definition) is 2. The monoisotopic (exact) mass is 363 g/mol. The molecule has 140 valence electrons. The summed E-state index contributed by atoms with van der Waals surface area (Å²) < 4.78 is 5.32. The second-order valence-corrected chi connectivity index (χ2v) is 7.80. The number of aromatic nitrogens is 2. The van der Waals surface area contributed by atoms with E-state index in [0.29, 0.717) is 0 Å². The number of rotatable bonds is 4. The Bertz CT molecular complexity index is 874. The quantitative estimate of drug-likeness (QED) is 0.871. The molecular formula is C21H25N5O. The summed E-state index contributed by atoms with van der Waals surface area (Å²) in [5.41, 5.74) is 2.10. The van der Waals surface area contributed by atoms with Crippen LogP contribution >= 0.6 is 0 Å². The number of methoxy groups -OCH3 is 1. The van der Waals surface area contributed by atoms with Gasteiger partial charge in [-0.25, -0.2) is 9.97 Å². The fraction of sp³-hybridized carbons (Fsp3) is 0.429. The van der Waals surface area contributed by atoms with Gasteiger partial charge in [-0.2, -0.15) is 0 Å². The van der Waals surface area contributed by atoms with Crippen molar-refractivity contribution in [3.8, 4) is 17.0 Å². The molecule has 2 aromatic rings. The average molecular weight is 363 g/mol. The number of hydrogen-bond acceptors (Lipinski definition) is 6. The molecule has 2 bridgehead atoms. The maximum absolute atomic E-state index is 5.32. The first kappa shape index (κ1) is 16.6. The SMILES string of the molecule is COc1cccc(-c2cc(NC3=CC[C@@]4(CN5CCC4CC5)N3)ncn2)c1. The van der Waals surface area contributed by atoms with Crippen molar-refractivity contribution < 1.29 is 4.74 Å². The van der Waals surface area contributed by atoms with Crippen molar-refractivity contribution >= 4 is 5.82 Å². The van der Waals surface area contributed by atoms with Gasteiger partial charge in [0.15, 0.2) is 0 Å². The highest BCUT2D eigenvalue weighted by Crippen LogP contribution is 2.41. The normalized spacial score (nSPS) is 28.7. The topological polar surface area (TPSA) is 62.3 Å². The maximum Gasteiger partial charge on any atom is 0.135 e. The number of nitrogens with one attached hydrogen (secondary N) is 2. The summed E-state index contributed by atoms with van der Waals surface area (Å²) in [4.78, 5) is 11.4. The third kappa shape index (κ3) is 3.04. The second-order valence-electron chi connectivity index (χ2n) is 7.80. The molecule has 3 fully saturated rings. The molecule has 4 aliphatic rings. The van der Waals surface area contributed by atoms with Gasteiger partial charge in [0.25, 0.3) is 0 Å². The first-order valence-electron chi connectivity index (χ1n) is 9.68. The molecule has 1 aromatic carbocycles. The standard InChI is InChI=1S/C21H25N5O/c1-27-17-4-2-3-15(11-17)18-12-20(23-14-22-18)24-19-5-8-21(25-19)13-26-9-6-16(21)7-10-26/h2-5,11-12,14,16,25H,6-10,13H2,1H3,(H,22,23,24)/t21-/m0/s1. The molecule has 6 nitrogen and oxygen atoms in total. The average Bonchev–Trinajstić information content (AvgIpc) is 3.11. The Labute approximate surface area is 159 Å². The van der Waals surface area contributed by atoms with Gasteiger partial charge in [0, 0.05) is 18.2 Å². The van der Waals surface area contributed by atoms with Crippen molar-refractivity contribution in [2.45, 2.75) is 24.8 Å². The predicted molar refractivity (Wildman–Crippen MR) is 105 cm³/mol. The molecule has 4 aliphatic heterocycles. The van der Waals surface area contributed by atoms with Crippen LogP contribution in [0.5, 0.6) is 5.75 Å². The Morgan fingerprint density at radius 3 is 2.89 bits per heavy atom. The summed E-state index contributed by atoms with van der Waals surface area (Å²) in [6, 6.07) is 9.91. The van der Waals surface area contributed by atoms with Gasteiger partial charge >= 0.3 is 0 Å². The fourth-order valence-corrected chi connectivity index (χ4v) is 4.79. The molecule has 0 saturated carbocycles. The molecule has 6 heteroatoms. The molecule has 0 unspecified atom stereocenters. The van der Waals surface area contributed by atoms with Crippen molar-refractivity contribution in [3.63, 3.8) is 0 Å². The molecule has 1 spiro atoms. The molecular weight excluding hydrogens is 338 g/mol. The van der Waals surface area contributed by atoms with Gasteiger partial charge in [-0.05, 0) is 56.5 Å². The highest BCUT2D eigenvalue weighted by molar-refractivity contribution is 5.64. The summed E-state index contributed by atoms with van der Waals surface area (Å²) in [5, 5.41) is 7.25. The van der Waals surface area contributed by atoms with Crippen LogP contribution in [0, 0.1) is 5.92 Å². The third-order valence-corrected chi connectivity index (χ3v) is 6.22. The Morgan fingerprint density at radius 1 is 1.22 bits per heavy atom. The van der Waals surface area contributed by atoms with Crippen LogP contribution in [-0.2, 0) is 0 Å². The van der Waals surface area contributed by atoms with E-state index in [2.05, 4.69) is 31.6 Å². The maximum atomic E-state index is 5.32. The van der Waals surface area contributed by atoms with Crippen molar-refractivity contribution in [2.24, 2.45) is 5.92 Å². The number of ether oxygens (including phenoxy) is 1. The van der Waals surface area contributed by atoms with Gasteiger partial charge in [-0.15, -0.1) is 0 Å². The predicted octanol–water partition coefficient (Wildman–Crippen LogP) is 2.86. The second kappa shape index (κ2) is 6.53. The van der Waals surface area contributed by atoms with Crippen LogP contribution < -0.4 is 15.4 Å². The third-order valence-electron chi connectivity index (χ3n) is 6.22. The lowest BCUT2D eigenvalue weighted by atomic mass is 9.72. The molecule has 1 atom stereocenters. The number of anilines is 1. The van der Waals surface area contributed by atoms with E-state index in [9.17, 15) is 0 Å². The minimum Gasteiger partial charge on any atom is -0.497 e. The van der Waals surface area contributed by atoms with Crippen LogP contribution in [0.4, 0.5) is 5.82 Å². The van der Waals surface area contributed by atoms with Gasteiger partial charge in [0.1, 0.15) is 23.7 Å². The van der Waals surface area contributed by atoms with Crippen LogP contribution in [0.3, 0.4) is 0 Å². The van der Waals surface area contributed by atoms with E-state index < -0.39 is 0 Å². The van der Waals surface area contributed by atoms with Crippen LogP contribution in [0.25, 0.3) is 11.3 Å². The first-order valence-corrected chi connectivity index (χ1v) is 9.68. The largest absolute Gasteiger partial charge is 0.497 e. The molecule has 5 heterocycles. The smallest absolute Gasteiger partial charge is 0.135 e. The van der Waals surface area contributed by atoms with Crippen molar-refractivity contribution in [1.82, 2.24) is 20.2 Å². The van der Waals surface area contributed by atoms with Crippen LogP contribution in [0.15, 0.2) is 48.6 Å². The van der Waals surface area contributed by atoms with Crippen molar-refractivity contribution in [2.75, 3.05) is 32.1 Å². The van der Waals surface area contributed by atoms with E-state index in [1.165, 1.54) is 25.9 Å². The molecule has 0 aliphatic carbocycles. The highest BCUT2D eigenvalue weighted by atomic mass is 16.5.